The minimum absolute atomic E-state index is 0.238. The molecule has 102 valence electrons. The fourth-order valence-electron chi connectivity index (χ4n) is 2.44. The van der Waals surface area contributed by atoms with Crippen LogP contribution in [0.3, 0.4) is 0 Å². The average molecular weight is 298 g/mol. The van der Waals surface area contributed by atoms with Gasteiger partial charge in [-0.25, -0.2) is 4.98 Å². The molecular weight excluding hydrogens is 284 g/mol. The summed E-state index contributed by atoms with van der Waals surface area (Å²) in [6.07, 6.45) is 1.49. The van der Waals surface area contributed by atoms with Crippen molar-refractivity contribution in [3.63, 3.8) is 0 Å². The minimum atomic E-state index is -2.19. The van der Waals surface area contributed by atoms with E-state index in [4.69, 9.17) is 20.1 Å². The van der Waals surface area contributed by atoms with Crippen molar-refractivity contribution in [2.24, 2.45) is 0 Å². The van der Waals surface area contributed by atoms with E-state index in [-0.39, 0.29) is 5.56 Å². The van der Waals surface area contributed by atoms with Crippen LogP contribution in [0.15, 0.2) is 53.1 Å². The molecule has 0 bridgehead atoms. The van der Waals surface area contributed by atoms with Crippen LogP contribution in [0, 0.1) is 6.85 Å². The van der Waals surface area contributed by atoms with Crippen LogP contribution in [0.4, 0.5) is 0 Å². The molecule has 0 aliphatic rings. The molecule has 3 nitrogen and oxygen atoms in total. The zero-order valence-electron chi connectivity index (χ0n) is 13.8. The van der Waals surface area contributed by atoms with Gasteiger partial charge in [-0.15, -0.1) is 0 Å². The third-order valence-electron chi connectivity index (χ3n) is 3.37. The first-order valence-electron chi connectivity index (χ1n) is 7.88. The SMILES string of the molecule is [2H]C([2H])([2H])c1ccnc(-c2cccc3c2oc2nc(Cl)ccc23)c1. The summed E-state index contributed by atoms with van der Waals surface area (Å²) < 4.78 is 28.6. The molecule has 0 atom stereocenters. The van der Waals surface area contributed by atoms with Crippen molar-refractivity contribution >= 4 is 33.7 Å². The van der Waals surface area contributed by atoms with Gasteiger partial charge in [0.2, 0.25) is 5.71 Å². The highest BCUT2D eigenvalue weighted by Crippen LogP contribution is 2.34. The smallest absolute Gasteiger partial charge is 0.228 e. The largest absolute Gasteiger partial charge is 0.437 e. The van der Waals surface area contributed by atoms with Gasteiger partial charge in [-0.1, -0.05) is 23.7 Å². The maximum atomic E-state index is 7.56. The second kappa shape index (κ2) is 4.57. The van der Waals surface area contributed by atoms with Crippen molar-refractivity contribution in [1.82, 2.24) is 9.97 Å². The van der Waals surface area contributed by atoms with Gasteiger partial charge < -0.3 is 4.42 Å². The van der Waals surface area contributed by atoms with Gasteiger partial charge >= 0.3 is 0 Å². The van der Waals surface area contributed by atoms with Gasteiger partial charge in [0.05, 0.1) is 5.69 Å². The molecule has 0 amide bonds. The van der Waals surface area contributed by atoms with E-state index in [1.807, 2.05) is 24.3 Å². The number of pyridine rings is 2. The second-order valence-electron chi connectivity index (χ2n) is 4.70. The average Bonchev–Trinajstić information content (AvgIpc) is 2.91. The van der Waals surface area contributed by atoms with Gasteiger partial charge in [0.25, 0.3) is 0 Å². The maximum absolute atomic E-state index is 7.56. The summed E-state index contributed by atoms with van der Waals surface area (Å²) in [6.45, 7) is -2.19. The van der Waals surface area contributed by atoms with Gasteiger partial charge in [-0.05, 0) is 42.7 Å². The summed E-state index contributed by atoms with van der Waals surface area (Å²) in [5.74, 6) is 0. The summed E-state index contributed by atoms with van der Waals surface area (Å²) in [4.78, 5) is 8.50. The number of para-hydroxylation sites is 1. The number of rotatable bonds is 1. The highest BCUT2D eigenvalue weighted by Gasteiger charge is 2.13. The van der Waals surface area contributed by atoms with Gasteiger partial charge in [-0.3, -0.25) is 4.98 Å². The molecule has 1 aromatic carbocycles. The lowest BCUT2D eigenvalue weighted by molar-refractivity contribution is 0.655. The van der Waals surface area contributed by atoms with E-state index in [1.54, 1.807) is 12.1 Å². The standard InChI is InChI=1S/C17H11ClN2O/c1-10-7-8-19-14(9-10)13-4-2-3-11-12-5-6-15(18)20-17(12)21-16(11)13/h2-9H,1H3/i1D3. The molecule has 0 radical (unpaired) electrons. The van der Waals surface area contributed by atoms with E-state index in [2.05, 4.69) is 9.97 Å². The summed E-state index contributed by atoms with van der Waals surface area (Å²) in [6, 6.07) is 12.3. The predicted molar refractivity (Wildman–Crippen MR) is 84.5 cm³/mol. The highest BCUT2D eigenvalue weighted by molar-refractivity contribution is 6.30. The lowest BCUT2D eigenvalue weighted by Crippen LogP contribution is -1.84. The number of hydrogen-bond acceptors (Lipinski definition) is 3. The Morgan fingerprint density at radius 2 is 2.10 bits per heavy atom. The monoisotopic (exact) mass is 297 g/mol. The number of fused-ring (bicyclic) bond motifs is 3. The Labute approximate surface area is 130 Å². The van der Waals surface area contributed by atoms with Crippen molar-refractivity contribution in [3.8, 4) is 11.3 Å². The Morgan fingerprint density at radius 1 is 1.14 bits per heavy atom. The lowest BCUT2D eigenvalue weighted by atomic mass is 10.1. The van der Waals surface area contributed by atoms with Gasteiger partial charge in [0.15, 0.2) is 0 Å². The molecule has 21 heavy (non-hydrogen) atoms. The van der Waals surface area contributed by atoms with Gasteiger partial charge in [0.1, 0.15) is 10.7 Å². The van der Waals surface area contributed by atoms with Crippen molar-refractivity contribution in [2.45, 2.75) is 6.85 Å². The summed E-state index contributed by atoms with van der Waals surface area (Å²) in [5, 5.41) is 2.08. The molecule has 3 aromatic heterocycles. The molecule has 4 heteroatoms. The molecule has 0 saturated carbocycles. The van der Waals surface area contributed by atoms with Crippen LogP contribution < -0.4 is 0 Å². The summed E-state index contributed by atoms with van der Waals surface area (Å²) in [7, 11) is 0. The van der Waals surface area contributed by atoms with Crippen LogP contribution in [0.1, 0.15) is 9.68 Å². The lowest BCUT2D eigenvalue weighted by Gasteiger charge is -2.02. The van der Waals surface area contributed by atoms with Crippen LogP contribution in [-0.2, 0) is 0 Å². The van der Waals surface area contributed by atoms with Gasteiger partial charge in [-0.2, -0.15) is 0 Å². The molecule has 0 aliphatic carbocycles. The first-order chi connectivity index (χ1) is 11.4. The van der Waals surface area contributed by atoms with E-state index in [1.165, 1.54) is 12.3 Å². The Bertz CT molecular complexity index is 1070. The molecule has 0 fully saturated rings. The fourth-order valence-corrected chi connectivity index (χ4v) is 2.58. The highest BCUT2D eigenvalue weighted by atomic mass is 35.5. The Hall–Kier alpha value is -2.39. The first kappa shape index (κ1) is 9.53. The van der Waals surface area contributed by atoms with Crippen molar-refractivity contribution in [3.05, 3.63) is 59.4 Å². The predicted octanol–water partition coefficient (Wildman–Crippen LogP) is 5.00. The quantitative estimate of drug-likeness (QED) is 0.464. The Morgan fingerprint density at radius 3 is 3.00 bits per heavy atom. The van der Waals surface area contributed by atoms with E-state index in [0.717, 1.165) is 10.8 Å². The third-order valence-corrected chi connectivity index (χ3v) is 3.58. The first-order valence-corrected chi connectivity index (χ1v) is 6.76. The molecule has 3 heterocycles. The third kappa shape index (κ3) is 1.98. The van der Waals surface area contributed by atoms with Crippen molar-refractivity contribution in [1.29, 1.82) is 0 Å². The number of nitrogens with zero attached hydrogens (tertiary/aromatic N) is 2. The minimum Gasteiger partial charge on any atom is -0.437 e. The number of benzene rings is 1. The summed E-state index contributed by atoms with van der Waals surface area (Å²) >= 11 is 5.93. The number of furan rings is 1. The van der Waals surface area contributed by atoms with E-state index in [9.17, 15) is 0 Å². The fraction of sp³-hybridized carbons (Fsp3) is 0.0588. The zero-order chi connectivity index (χ0) is 16.9. The number of halogens is 1. The van der Waals surface area contributed by atoms with Crippen LogP contribution in [0.5, 0.6) is 0 Å². The zero-order valence-corrected chi connectivity index (χ0v) is 11.6. The van der Waals surface area contributed by atoms with E-state index < -0.39 is 6.85 Å². The summed E-state index contributed by atoms with van der Waals surface area (Å²) in [5.41, 5.74) is 2.54. The molecule has 0 N–H and O–H groups in total. The topological polar surface area (TPSA) is 38.9 Å². The van der Waals surface area contributed by atoms with Crippen molar-refractivity contribution < 1.29 is 8.53 Å². The molecule has 0 unspecified atom stereocenters. The van der Waals surface area contributed by atoms with Crippen LogP contribution in [0.25, 0.3) is 33.3 Å². The maximum Gasteiger partial charge on any atom is 0.228 e. The Kier molecular flexibility index (Phi) is 2.07. The Balaban J connectivity index is 1.99. The molecule has 4 aromatic rings. The van der Waals surface area contributed by atoms with Crippen molar-refractivity contribution in [2.75, 3.05) is 0 Å². The number of aromatic nitrogens is 2. The normalized spacial score (nSPS) is 14.0. The van der Waals surface area contributed by atoms with E-state index >= 15 is 0 Å². The van der Waals surface area contributed by atoms with Crippen LogP contribution in [0.2, 0.25) is 5.15 Å². The number of aryl methyl sites for hydroxylation is 1. The van der Waals surface area contributed by atoms with Crippen LogP contribution >= 0.6 is 11.6 Å². The second-order valence-corrected chi connectivity index (χ2v) is 5.09. The molecule has 0 saturated heterocycles. The molecule has 0 aliphatic heterocycles. The molecule has 0 spiro atoms. The van der Waals surface area contributed by atoms with E-state index in [0.29, 0.717) is 27.7 Å². The number of hydrogen-bond donors (Lipinski definition) is 0. The molecule has 4 rings (SSSR count). The van der Waals surface area contributed by atoms with Crippen LogP contribution in [-0.4, -0.2) is 9.97 Å². The van der Waals surface area contributed by atoms with Gasteiger partial charge in [0, 0.05) is 26.6 Å². The molecular formula is C17H11ClN2O.